The van der Waals surface area contributed by atoms with Crippen LogP contribution in [0.15, 0.2) is 48.5 Å². The quantitative estimate of drug-likeness (QED) is 0.716. The number of nitrogens with one attached hydrogen (secondary N) is 2. The molecular formula is C18H19F3N2O3. The van der Waals surface area contributed by atoms with Crippen LogP contribution in [0.1, 0.15) is 12.5 Å². The summed E-state index contributed by atoms with van der Waals surface area (Å²) in [4.78, 5) is 11.7. The molecular weight excluding hydrogens is 349 g/mol. The zero-order chi connectivity index (χ0) is 19.0. The van der Waals surface area contributed by atoms with Crippen LogP contribution in [0.4, 0.5) is 23.7 Å². The van der Waals surface area contributed by atoms with E-state index < -0.39 is 17.8 Å². The van der Waals surface area contributed by atoms with Crippen molar-refractivity contribution in [3.8, 4) is 11.5 Å². The molecule has 0 saturated heterocycles. The van der Waals surface area contributed by atoms with E-state index >= 15 is 0 Å². The number of benzene rings is 2. The molecule has 5 nitrogen and oxygen atoms in total. The Bertz CT molecular complexity index is 718. The van der Waals surface area contributed by atoms with Gasteiger partial charge in [-0.3, -0.25) is 0 Å². The molecule has 2 aromatic rings. The summed E-state index contributed by atoms with van der Waals surface area (Å²) in [7, 11) is 0. The Morgan fingerprint density at radius 3 is 2.31 bits per heavy atom. The monoisotopic (exact) mass is 368 g/mol. The first kappa shape index (κ1) is 19.4. The maximum absolute atomic E-state index is 12.5. The Morgan fingerprint density at radius 2 is 1.69 bits per heavy atom. The highest BCUT2D eigenvalue weighted by molar-refractivity contribution is 5.89. The number of ether oxygens (including phenoxy) is 2. The minimum atomic E-state index is -4.41. The van der Waals surface area contributed by atoms with Gasteiger partial charge < -0.3 is 20.1 Å². The summed E-state index contributed by atoms with van der Waals surface area (Å²) in [6, 6.07) is 10.8. The highest BCUT2D eigenvalue weighted by Gasteiger charge is 2.29. The number of halogens is 3. The maximum atomic E-state index is 12.5. The summed E-state index contributed by atoms with van der Waals surface area (Å²) in [5.74, 6) is 1.30. The summed E-state index contributed by atoms with van der Waals surface area (Å²) in [6.07, 6.45) is -4.41. The number of carbonyl (C=O) groups is 1. The van der Waals surface area contributed by atoms with Gasteiger partial charge in [-0.25, -0.2) is 4.79 Å². The van der Waals surface area contributed by atoms with Crippen LogP contribution in [0.25, 0.3) is 0 Å². The predicted octanol–water partition coefficient (Wildman–Crippen LogP) is 4.30. The van der Waals surface area contributed by atoms with Crippen LogP contribution < -0.4 is 20.1 Å². The smallest absolute Gasteiger partial charge is 0.416 e. The predicted molar refractivity (Wildman–Crippen MR) is 91.6 cm³/mol. The third kappa shape index (κ3) is 6.19. The van der Waals surface area contributed by atoms with E-state index in [2.05, 4.69) is 10.6 Å². The lowest BCUT2D eigenvalue weighted by atomic mass is 10.2. The van der Waals surface area contributed by atoms with Gasteiger partial charge in [-0.05, 0) is 43.3 Å². The standard InChI is InChI=1S/C18H19F3N2O3/c1-2-25-15-4-3-5-16(12-15)26-11-10-22-17(24)23-14-8-6-13(7-9-14)18(19,20)21/h3-9,12H,2,10-11H2,1H3,(H2,22,23,24). The average Bonchev–Trinajstić information content (AvgIpc) is 2.59. The molecule has 2 amide bonds. The van der Waals surface area contributed by atoms with Gasteiger partial charge in [0.05, 0.1) is 18.7 Å². The number of rotatable bonds is 7. The van der Waals surface area contributed by atoms with Crippen molar-refractivity contribution in [3.05, 3.63) is 54.1 Å². The van der Waals surface area contributed by atoms with Gasteiger partial charge in [-0.15, -0.1) is 0 Å². The van der Waals surface area contributed by atoms with Gasteiger partial charge >= 0.3 is 12.2 Å². The molecule has 0 radical (unpaired) electrons. The van der Waals surface area contributed by atoms with Crippen LogP contribution in [0.3, 0.4) is 0 Å². The summed E-state index contributed by atoms with van der Waals surface area (Å²) < 4.78 is 48.3. The molecule has 2 rings (SSSR count). The van der Waals surface area contributed by atoms with Gasteiger partial charge in [-0.2, -0.15) is 13.2 Å². The van der Waals surface area contributed by atoms with Crippen LogP contribution >= 0.6 is 0 Å². The van der Waals surface area contributed by atoms with Crippen molar-refractivity contribution < 1.29 is 27.4 Å². The molecule has 0 saturated carbocycles. The molecule has 8 heteroatoms. The number of hydrogen-bond acceptors (Lipinski definition) is 3. The average molecular weight is 368 g/mol. The molecule has 0 aliphatic carbocycles. The fourth-order valence-corrected chi connectivity index (χ4v) is 2.07. The Balaban J connectivity index is 1.73. The van der Waals surface area contributed by atoms with Gasteiger partial charge in [0.15, 0.2) is 0 Å². The molecule has 0 aliphatic heterocycles. The SMILES string of the molecule is CCOc1cccc(OCCNC(=O)Nc2ccc(C(F)(F)F)cc2)c1. The third-order valence-corrected chi connectivity index (χ3v) is 3.24. The lowest BCUT2D eigenvalue weighted by Gasteiger charge is -2.11. The van der Waals surface area contributed by atoms with Crippen molar-refractivity contribution in [1.82, 2.24) is 5.32 Å². The minimum Gasteiger partial charge on any atom is -0.494 e. The highest BCUT2D eigenvalue weighted by atomic mass is 19.4. The zero-order valence-corrected chi connectivity index (χ0v) is 14.1. The van der Waals surface area contributed by atoms with Crippen molar-refractivity contribution in [2.75, 3.05) is 25.1 Å². The second kappa shape index (κ2) is 8.98. The molecule has 2 N–H and O–H groups in total. The van der Waals surface area contributed by atoms with E-state index in [1.54, 1.807) is 18.2 Å². The van der Waals surface area contributed by atoms with E-state index in [4.69, 9.17) is 9.47 Å². The number of alkyl halides is 3. The van der Waals surface area contributed by atoms with Gasteiger partial charge in [0.1, 0.15) is 18.1 Å². The Hall–Kier alpha value is -2.90. The number of carbonyl (C=O) groups excluding carboxylic acids is 1. The molecule has 0 unspecified atom stereocenters. The van der Waals surface area contributed by atoms with Crippen LogP contribution in [-0.2, 0) is 6.18 Å². The van der Waals surface area contributed by atoms with Crippen LogP contribution in [0.2, 0.25) is 0 Å². The zero-order valence-electron chi connectivity index (χ0n) is 14.1. The van der Waals surface area contributed by atoms with Gasteiger partial charge in [0.2, 0.25) is 0 Å². The largest absolute Gasteiger partial charge is 0.494 e. The topological polar surface area (TPSA) is 59.6 Å². The van der Waals surface area contributed by atoms with E-state index in [0.29, 0.717) is 18.1 Å². The van der Waals surface area contributed by atoms with Gasteiger partial charge in [0.25, 0.3) is 0 Å². The number of urea groups is 1. The van der Waals surface area contributed by atoms with Gasteiger partial charge in [0, 0.05) is 11.8 Å². The Labute approximate surface area is 149 Å². The van der Waals surface area contributed by atoms with Crippen LogP contribution in [-0.4, -0.2) is 25.8 Å². The van der Waals surface area contributed by atoms with Crippen molar-refractivity contribution in [2.24, 2.45) is 0 Å². The molecule has 0 atom stereocenters. The lowest BCUT2D eigenvalue weighted by molar-refractivity contribution is -0.137. The fraction of sp³-hybridized carbons (Fsp3) is 0.278. The molecule has 0 spiro atoms. The molecule has 0 aliphatic rings. The summed E-state index contributed by atoms with van der Waals surface area (Å²) in [6.45, 7) is 2.89. The van der Waals surface area contributed by atoms with E-state index in [-0.39, 0.29) is 18.8 Å². The number of anilines is 1. The molecule has 0 aromatic heterocycles. The Kier molecular flexibility index (Phi) is 6.71. The number of hydrogen-bond donors (Lipinski definition) is 2. The van der Waals surface area contributed by atoms with Crippen molar-refractivity contribution in [1.29, 1.82) is 0 Å². The molecule has 0 bridgehead atoms. The molecule has 140 valence electrons. The maximum Gasteiger partial charge on any atom is 0.416 e. The van der Waals surface area contributed by atoms with Crippen molar-refractivity contribution in [2.45, 2.75) is 13.1 Å². The Morgan fingerprint density at radius 1 is 1.04 bits per heavy atom. The summed E-state index contributed by atoms with van der Waals surface area (Å²) >= 11 is 0. The van der Waals surface area contributed by atoms with Crippen molar-refractivity contribution in [3.63, 3.8) is 0 Å². The normalized spacial score (nSPS) is 10.9. The first-order chi connectivity index (χ1) is 12.4. The molecule has 26 heavy (non-hydrogen) atoms. The first-order valence-corrected chi connectivity index (χ1v) is 7.96. The lowest BCUT2D eigenvalue weighted by Crippen LogP contribution is -2.32. The molecule has 2 aromatic carbocycles. The van der Waals surface area contributed by atoms with Crippen molar-refractivity contribution >= 4 is 11.7 Å². The molecule has 0 fully saturated rings. The van der Waals surface area contributed by atoms with E-state index in [9.17, 15) is 18.0 Å². The van der Waals surface area contributed by atoms with E-state index in [1.165, 1.54) is 12.1 Å². The van der Waals surface area contributed by atoms with Crippen LogP contribution in [0, 0.1) is 0 Å². The second-order valence-corrected chi connectivity index (χ2v) is 5.21. The van der Waals surface area contributed by atoms with E-state index in [0.717, 1.165) is 12.1 Å². The first-order valence-electron chi connectivity index (χ1n) is 7.96. The number of amides is 2. The van der Waals surface area contributed by atoms with Crippen LogP contribution in [0.5, 0.6) is 11.5 Å². The van der Waals surface area contributed by atoms with E-state index in [1.807, 2.05) is 13.0 Å². The highest BCUT2D eigenvalue weighted by Crippen LogP contribution is 2.29. The summed E-state index contributed by atoms with van der Waals surface area (Å²) in [5.41, 5.74) is -0.507. The third-order valence-electron chi connectivity index (χ3n) is 3.24. The second-order valence-electron chi connectivity index (χ2n) is 5.21. The fourth-order valence-electron chi connectivity index (χ4n) is 2.07. The minimum absolute atomic E-state index is 0.228. The summed E-state index contributed by atoms with van der Waals surface area (Å²) in [5, 5.41) is 5.01. The molecule has 0 heterocycles. The van der Waals surface area contributed by atoms with Gasteiger partial charge in [-0.1, -0.05) is 6.07 Å².